The first-order chi connectivity index (χ1) is 12.8. The summed E-state index contributed by atoms with van der Waals surface area (Å²) in [4.78, 5) is 10.5. The van der Waals surface area contributed by atoms with E-state index < -0.39 is 12.1 Å². The number of aliphatic carboxylic acids is 1. The Labute approximate surface area is 171 Å². The molecule has 0 unspecified atom stereocenters. The lowest BCUT2D eigenvalue weighted by Gasteiger charge is -2.23. The normalized spacial score (nSPS) is 25.2. The van der Waals surface area contributed by atoms with E-state index in [-0.39, 0.29) is 23.6 Å². The number of hydrogen-bond acceptors (Lipinski definition) is 3. The van der Waals surface area contributed by atoms with Crippen LogP contribution < -0.4 is 4.74 Å². The van der Waals surface area contributed by atoms with Crippen LogP contribution in [0.4, 0.5) is 0 Å². The van der Waals surface area contributed by atoms with Crippen LogP contribution >= 0.6 is 23.2 Å². The van der Waals surface area contributed by atoms with Crippen LogP contribution in [0.3, 0.4) is 0 Å². The highest BCUT2D eigenvalue weighted by Gasteiger charge is 2.41. The molecular formula is C21H28Cl2O4. The molecule has 4 nitrogen and oxygen atoms in total. The number of benzene rings is 1. The summed E-state index contributed by atoms with van der Waals surface area (Å²) >= 11 is 12.7. The van der Waals surface area contributed by atoms with Gasteiger partial charge in [0.1, 0.15) is 5.75 Å². The Morgan fingerprint density at radius 1 is 1.26 bits per heavy atom. The van der Waals surface area contributed by atoms with Crippen molar-refractivity contribution in [3.05, 3.63) is 40.4 Å². The van der Waals surface area contributed by atoms with Crippen molar-refractivity contribution in [1.29, 1.82) is 0 Å². The van der Waals surface area contributed by atoms with E-state index in [4.69, 9.17) is 33.0 Å². The largest absolute Gasteiger partial charge is 0.493 e. The Morgan fingerprint density at radius 3 is 2.56 bits per heavy atom. The van der Waals surface area contributed by atoms with Gasteiger partial charge >= 0.3 is 5.97 Å². The third-order valence-corrected chi connectivity index (χ3v) is 6.26. The van der Waals surface area contributed by atoms with Crippen molar-refractivity contribution in [2.75, 3.05) is 6.61 Å². The quantitative estimate of drug-likeness (QED) is 0.333. The van der Waals surface area contributed by atoms with Crippen molar-refractivity contribution >= 4 is 29.2 Å². The molecule has 27 heavy (non-hydrogen) atoms. The molecule has 0 heterocycles. The summed E-state index contributed by atoms with van der Waals surface area (Å²) in [6.07, 6.45) is 6.43. The van der Waals surface area contributed by atoms with E-state index in [0.29, 0.717) is 19.4 Å². The number of aliphatic hydroxyl groups is 1. The standard InChI is InChI=1S/C21H28Cl2O4/c1-13-9-15(10-14(2)21(13)23)27-12-17-16(18(22)11-19(17)24)7-5-3-4-6-8-20(25)26/h3,5,9-10,16-19,24H,4,6-8,11-12H2,1-2H3,(H,25,26)/b5-3-/t16-,17-,18+,19-/m1/s1. The maximum atomic E-state index is 10.5. The molecule has 0 radical (unpaired) electrons. The summed E-state index contributed by atoms with van der Waals surface area (Å²) < 4.78 is 5.96. The van der Waals surface area contributed by atoms with Crippen molar-refractivity contribution in [3.63, 3.8) is 0 Å². The number of unbranched alkanes of at least 4 members (excludes halogenated alkanes) is 1. The number of aryl methyl sites for hydroxylation is 2. The van der Waals surface area contributed by atoms with Gasteiger partial charge in [0.05, 0.1) is 12.7 Å². The van der Waals surface area contributed by atoms with E-state index in [1.54, 1.807) is 0 Å². The highest BCUT2D eigenvalue weighted by atomic mass is 35.5. The minimum Gasteiger partial charge on any atom is -0.493 e. The number of carboxylic acid groups (broad SMARTS) is 1. The average Bonchev–Trinajstić information content (AvgIpc) is 2.86. The molecule has 0 aromatic heterocycles. The van der Waals surface area contributed by atoms with Crippen LogP contribution in [0, 0.1) is 25.7 Å². The fraction of sp³-hybridized carbons (Fsp3) is 0.571. The van der Waals surface area contributed by atoms with Gasteiger partial charge in [-0.2, -0.15) is 0 Å². The molecule has 1 aliphatic rings. The third-order valence-electron chi connectivity index (χ3n) is 5.16. The molecular weight excluding hydrogens is 387 g/mol. The summed E-state index contributed by atoms with van der Waals surface area (Å²) in [6, 6.07) is 3.82. The van der Waals surface area contributed by atoms with Gasteiger partial charge in [-0.3, -0.25) is 4.79 Å². The Morgan fingerprint density at radius 2 is 1.93 bits per heavy atom. The lowest BCUT2D eigenvalue weighted by molar-refractivity contribution is -0.137. The zero-order valence-corrected chi connectivity index (χ0v) is 17.3. The summed E-state index contributed by atoms with van der Waals surface area (Å²) in [6.45, 7) is 4.29. The van der Waals surface area contributed by atoms with Crippen LogP contribution in [0.5, 0.6) is 5.75 Å². The van der Waals surface area contributed by atoms with Gasteiger partial charge in [-0.15, -0.1) is 11.6 Å². The van der Waals surface area contributed by atoms with Gasteiger partial charge in [-0.25, -0.2) is 0 Å². The summed E-state index contributed by atoms with van der Waals surface area (Å²) in [7, 11) is 0. The van der Waals surface area contributed by atoms with Crippen LogP contribution in [0.2, 0.25) is 5.02 Å². The molecule has 1 fully saturated rings. The van der Waals surface area contributed by atoms with Crippen molar-refractivity contribution < 1.29 is 19.7 Å². The molecule has 0 saturated heterocycles. The zero-order valence-electron chi connectivity index (χ0n) is 15.8. The molecule has 0 bridgehead atoms. The molecule has 0 aliphatic heterocycles. The Bertz CT molecular complexity index is 651. The van der Waals surface area contributed by atoms with E-state index in [2.05, 4.69) is 0 Å². The highest BCUT2D eigenvalue weighted by molar-refractivity contribution is 6.32. The number of carboxylic acids is 1. The van der Waals surface area contributed by atoms with Gasteiger partial charge in [0.15, 0.2) is 0 Å². The first-order valence-electron chi connectivity index (χ1n) is 9.38. The van der Waals surface area contributed by atoms with E-state index in [9.17, 15) is 9.90 Å². The molecule has 1 saturated carbocycles. The predicted molar refractivity (Wildman–Crippen MR) is 109 cm³/mol. The number of carbonyl (C=O) groups is 1. The number of halogens is 2. The van der Waals surface area contributed by atoms with Gasteiger partial charge in [0.25, 0.3) is 0 Å². The second-order valence-corrected chi connectivity index (χ2v) is 8.26. The maximum Gasteiger partial charge on any atom is 0.303 e. The van der Waals surface area contributed by atoms with E-state index >= 15 is 0 Å². The van der Waals surface area contributed by atoms with Crippen LogP contribution in [0.25, 0.3) is 0 Å². The van der Waals surface area contributed by atoms with Crippen LogP contribution in [0.1, 0.15) is 43.2 Å². The summed E-state index contributed by atoms with van der Waals surface area (Å²) in [5, 5.41) is 19.7. The fourth-order valence-corrected chi connectivity index (χ4v) is 4.20. The van der Waals surface area contributed by atoms with Gasteiger partial charge in [0, 0.05) is 22.7 Å². The maximum absolute atomic E-state index is 10.5. The molecule has 1 aromatic carbocycles. The Balaban J connectivity index is 1.91. The lowest BCUT2D eigenvalue weighted by atomic mass is 9.92. The topological polar surface area (TPSA) is 66.8 Å². The molecule has 1 aromatic rings. The third kappa shape index (κ3) is 6.41. The number of ether oxygens (including phenoxy) is 1. The van der Waals surface area contributed by atoms with Crippen molar-refractivity contribution in [2.45, 2.75) is 57.4 Å². The second-order valence-electron chi connectivity index (χ2n) is 7.32. The highest BCUT2D eigenvalue weighted by Crippen LogP contribution is 2.39. The van der Waals surface area contributed by atoms with E-state index in [0.717, 1.165) is 34.7 Å². The summed E-state index contributed by atoms with van der Waals surface area (Å²) in [5.74, 6) is 0.0787. The van der Waals surface area contributed by atoms with Crippen LogP contribution in [-0.2, 0) is 4.79 Å². The zero-order chi connectivity index (χ0) is 20.0. The van der Waals surface area contributed by atoms with E-state index in [1.165, 1.54) is 0 Å². The van der Waals surface area contributed by atoms with Crippen molar-refractivity contribution in [1.82, 2.24) is 0 Å². The average molecular weight is 415 g/mol. The Hall–Kier alpha value is -1.23. The molecule has 6 heteroatoms. The van der Waals surface area contributed by atoms with Gasteiger partial charge < -0.3 is 14.9 Å². The molecule has 2 N–H and O–H groups in total. The number of aliphatic hydroxyl groups excluding tert-OH is 1. The first-order valence-corrected chi connectivity index (χ1v) is 10.2. The molecule has 4 atom stereocenters. The van der Waals surface area contributed by atoms with Gasteiger partial charge in [-0.1, -0.05) is 23.8 Å². The van der Waals surface area contributed by atoms with Gasteiger partial charge in [0.2, 0.25) is 0 Å². The molecule has 1 aliphatic carbocycles. The Kier molecular flexibility index (Phi) is 8.46. The van der Waals surface area contributed by atoms with Crippen LogP contribution in [0.15, 0.2) is 24.3 Å². The number of rotatable bonds is 9. The molecule has 2 rings (SSSR count). The minimum absolute atomic E-state index is 0.0348. The number of alkyl halides is 1. The van der Waals surface area contributed by atoms with Crippen molar-refractivity contribution in [2.24, 2.45) is 11.8 Å². The monoisotopic (exact) mass is 414 g/mol. The lowest BCUT2D eigenvalue weighted by Crippen LogP contribution is -2.27. The predicted octanol–water partition coefficient (Wildman–Crippen LogP) is 5.14. The first kappa shape index (κ1) is 22.1. The fourth-order valence-electron chi connectivity index (χ4n) is 3.62. The number of allylic oxidation sites excluding steroid dienone is 2. The second kappa shape index (κ2) is 10.4. The van der Waals surface area contributed by atoms with E-state index in [1.807, 2.05) is 38.1 Å². The molecule has 150 valence electrons. The summed E-state index contributed by atoms with van der Waals surface area (Å²) in [5.41, 5.74) is 1.93. The number of hydrogen-bond donors (Lipinski definition) is 2. The van der Waals surface area contributed by atoms with Crippen molar-refractivity contribution in [3.8, 4) is 5.75 Å². The SMILES string of the molecule is Cc1cc(OC[C@@H]2[C@@H](C/C=C\CCCC(=O)O)[C@@H](Cl)C[C@H]2O)cc(C)c1Cl. The molecule has 0 spiro atoms. The van der Waals surface area contributed by atoms with Crippen LogP contribution in [-0.4, -0.2) is 34.3 Å². The smallest absolute Gasteiger partial charge is 0.303 e. The molecule has 0 amide bonds. The minimum atomic E-state index is -0.770. The van der Waals surface area contributed by atoms with Gasteiger partial charge in [-0.05, 0) is 68.7 Å².